The molecule has 1 aliphatic carbocycles. The van der Waals surface area contributed by atoms with Crippen LogP contribution in [0.25, 0.3) is 0 Å². The molecule has 5 heteroatoms. The summed E-state index contributed by atoms with van der Waals surface area (Å²) in [7, 11) is 1.99. The third-order valence-corrected chi connectivity index (χ3v) is 3.22. The fourth-order valence-electron chi connectivity index (χ4n) is 1.86. The van der Waals surface area contributed by atoms with Gasteiger partial charge in [0.05, 0.1) is 0 Å². The number of hydrogen-bond donors (Lipinski definition) is 2. The molecule has 0 heterocycles. The van der Waals surface area contributed by atoms with Crippen LogP contribution < -0.4 is 11.1 Å². The van der Waals surface area contributed by atoms with Gasteiger partial charge in [-0.05, 0) is 37.5 Å². The first-order chi connectivity index (χ1) is 9.16. The zero-order valence-electron chi connectivity index (χ0n) is 11.3. The van der Waals surface area contributed by atoms with Crippen molar-refractivity contribution in [3.8, 4) is 0 Å². The second kappa shape index (κ2) is 6.41. The van der Waals surface area contributed by atoms with E-state index in [4.69, 9.17) is 5.73 Å². The summed E-state index contributed by atoms with van der Waals surface area (Å²) in [6.07, 6.45) is 3.30. The van der Waals surface area contributed by atoms with Gasteiger partial charge >= 0.3 is 0 Å². The molecule has 0 bridgehead atoms. The minimum atomic E-state index is -0.224. The molecule has 1 aliphatic rings. The van der Waals surface area contributed by atoms with Gasteiger partial charge in [0, 0.05) is 31.9 Å². The van der Waals surface area contributed by atoms with Crippen LogP contribution in [0.2, 0.25) is 0 Å². The Morgan fingerprint density at radius 3 is 3.00 bits per heavy atom. The number of nitrogens with two attached hydrogens (primary N) is 1. The van der Waals surface area contributed by atoms with Gasteiger partial charge < -0.3 is 16.0 Å². The summed E-state index contributed by atoms with van der Waals surface area (Å²) in [5.41, 5.74) is 6.68. The Morgan fingerprint density at radius 2 is 2.32 bits per heavy atom. The minimum Gasteiger partial charge on any atom is -0.385 e. The van der Waals surface area contributed by atoms with E-state index in [0.29, 0.717) is 18.5 Å². The van der Waals surface area contributed by atoms with Crippen molar-refractivity contribution in [2.75, 3.05) is 25.5 Å². The molecule has 0 spiro atoms. The number of benzene rings is 1. The first kappa shape index (κ1) is 13.6. The maximum Gasteiger partial charge on any atom is 0.191 e. The lowest BCUT2D eigenvalue weighted by atomic mass is 10.3. The van der Waals surface area contributed by atoms with Crippen molar-refractivity contribution in [3.63, 3.8) is 0 Å². The lowest BCUT2D eigenvalue weighted by Crippen LogP contribution is -2.35. The average Bonchev–Trinajstić information content (AvgIpc) is 3.21. The number of rotatable bonds is 6. The van der Waals surface area contributed by atoms with E-state index in [0.717, 1.165) is 18.7 Å². The zero-order valence-corrected chi connectivity index (χ0v) is 11.3. The molecule has 0 aliphatic heterocycles. The number of nitrogens with one attached hydrogen (secondary N) is 1. The van der Waals surface area contributed by atoms with E-state index in [2.05, 4.69) is 10.3 Å². The Labute approximate surface area is 113 Å². The Bertz CT molecular complexity index is 443. The first-order valence-electron chi connectivity index (χ1n) is 6.69. The summed E-state index contributed by atoms with van der Waals surface area (Å²) >= 11 is 0. The van der Waals surface area contributed by atoms with Gasteiger partial charge in [-0.25, -0.2) is 4.39 Å². The molecule has 1 aromatic carbocycles. The van der Waals surface area contributed by atoms with Crippen LogP contribution >= 0.6 is 0 Å². The molecule has 1 fully saturated rings. The van der Waals surface area contributed by atoms with Crippen LogP contribution in [0.3, 0.4) is 0 Å². The van der Waals surface area contributed by atoms with E-state index in [1.54, 1.807) is 6.07 Å². The highest BCUT2D eigenvalue weighted by atomic mass is 19.1. The molecule has 0 radical (unpaired) electrons. The van der Waals surface area contributed by atoms with E-state index < -0.39 is 0 Å². The van der Waals surface area contributed by atoms with Crippen molar-refractivity contribution in [2.45, 2.75) is 25.3 Å². The van der Waals surface area contributed by atoms with E-state index in [1.807, 2.05) is 18.0 Å². The molecule has 19 heavy (non-hydrogen) atoms. The first-order valence-corrected chi connectivity index (χ1v) is 6.69. The number of halogens is 1. The Hall–Kier alpha value is -1.78. The quantitative estimate of drug-likeness (QED) is 0.469. The predicted octanol–water partition coefficient (Wildman–Crippen LogP) is 2.04. The summed E-state index contributed by atoms with van der Waals surface area (Å²) in [6, 6.07) is 7.05. The minimum absolute atomic E-state index is 0.224. The number of aliphatic imine (C=N–C) groups is 1. The van der Waals surface area contributed by atoms with Gasteiger partial charge in [-0.2, -0.15) is 0 Å². The van der Waals surface area contributed by atoms with Gasteiger partial charge in [-0.3, -0.25) is 4.99 Å². The standard InChI is InChI=1S/C14H21FN4/c1-19(13-6-7-13)14(16)18-9-3-8-17-12-5-2-4-11(15)10-12/h2,4-5,10,13,17H,3,6-9H2,1H3,(H2,16,18). The van der Waals surface area contributed by atoms with Gasteiger partial charge in [0.2, 0.25) is 0 Å². The van der Waals surface area contributed by atoms with E-state index in [1.165, 1.54) is 25.0 Å². The van der Waals surface area contributed by atoms with Gasteiger partial charge in [0.15, 0.2) is 5.96 Å². The third-order valence-electron chi connectivity index (χ3n) is 3.22. The number of guanidine groups is 1. The lowest BCUT2D eigenvalue weighted by molar-refractivity contribution is 0.487. The van der Waals surface area contributed by atoms with Gasteiger partial charge in [-0.15, -0.1) is 0 Å². The van der Waals surface area contributed by atoms with Crippen LogP contribution in [-0.4, -0.2) is 37.0 Å². The molecule has 1 aromatic rings. The SMILES string of the molecule is CN(C(N)=NCCCNc1cccc(F)c1)C1CC1. The summed E-state index contributed by atoms with van der Waals surface area (Å²) in [6.45, 7) is 1.44. The van der Waals surface area contributed by atoms with Crippen molar-refractivity contribution in [1.29, 1.82) is 0 Å². The van der Waals surface area contributed by atoms with Gasteiger partial charge in [-0.1, -0.05) is 6.07 Å². The smallest absolute Gasteiger partial charge is 0.191 e. The number of nitrogens with zero attached hydrogens (tertiary/aromatic N) is 2. The maximum absolute atomic E-state index is 12.9. The molecule has 0 unspecified atom stereocenters. The van der Waals surface area contributed by atoms with Crippen LogP contribution in [0, 0.1) is 5.82 Å². The van der Waals surface area contributed by atoms with Crippen LogP contribution in [0.15, 0.2) is 29.3 Å². The molecule has 0 aromatic heterocycles. The van der Waals surface area contributed by atoms with E-state index in [9.17, 15) is 4.39 Å². The molecule has 0 saturated heterocycles. The highest BCUT2D eigenvalue weighted by Crippen LogP contribution is 2.24. The molecule has 0 atom stereocenters. The second-order valence-corrected chi connectivity index (χ2v) is 4.87. The predicted molar refractivity (Wildman–Crippen MR) is 76.8 cm³/mol. The molecular formula is C14H21FN4. The third kappa shape index (κ3) is 4.43. The van der Waals surface area contributed by atoms with Crippen molar-refractivity contribution < 1.29 is 4.39 Å². The Balaban J connectivity index is 1.65. The fourth-order valence-corrected chi connectivity index (χ4v) is 1.86. The van der Waals surface area contributed by atoms with Crippen LogP contribution in [0.1, 0.15) is 19.3 Å². The number of anilines is 1. The van der Waals surface area contributed by atoms with Gasteiger partial charge in [0.25, 0.3) is 0 Å². The average molecular weight is 264 g/mol. The Morgan fingerprint density at radius 1 is 1.53 bits per heavy atom. The molecule has 104 valence electrons. The highest BCUT2D eigenvalue weighted by Gasteiger charge is 2.27. The van der Waals surface area contributed by atoms with Gasteiger partial charge in [0.1, 0.15) is 5.82 Å². The largest absolute Gasteiger partial charge is 0.385 e. The normalized spacial score (nSPS) is 15.4. The monoisotopic (exact) mass is 264 g/mol. The zero-order chi connectivity index (χ0) is 13.7. The molecule has 1 saturated carbocycles. The molecule has 3 N–H and O–H groups in total. The molecule has 4 nitrogen and oxygen atoms in total. The van der Waals surface area contributed by atoms with Crippen LogP contribution in [0.4, 0.5) is 10.1 Å². The summed E-state index contributed by atoms with van der Waals surface area (Å²) in [4.78, 5) is 6.38. The van der Waals surface area contributed by atoms with Crippen LogP contribution in [-0.2, 0) is 0 Å². The molecular weight excluding hydrogens is 243 g/mol. The maximum atomic E-state index is 12.9. The lowest BCUT2D eigenvalue weighted by Gasteiger charge is -2.16. The summed E-state index contributed by atoms with van der Waals surface area (Å²) in [5.74, 6) is 0.395. The van der Waals surface area contributed by atoms with Crippen LogP contribution in [0.5, 0.6) is 0 Å². The van der Waals surface area contributed by atoms with Crippen molar-refractivity contribution in [3.05, 3.63) is 30.1 Å². The topological polar surface area (TPSA) is 53.6 Å². The summed E-state index contributed by atoms with van der Waals surface area (Å²) in [5, 5.41) is 3.16. The number of hydrogen-bond acceptors (Lipinski definition) is 2. The Kier molecular flexibility index (Phi) is 4.60. The molecule has 0 amide bonds. The van der Waals surface area contributed by atoms with E-state index >= 15 is 0 Å². The van der Waals surface area contributed by atoms with Crippen molar-refractivity contribution in [1.82, 2.24) is 4.90 Å². The van der Waals surface area contributed by atoms with Crippen molar-refractivity contribution >= 4 is 11.6 Å². The summed E-state index contributed by atoms with van der Waals surface area (Å²) < 4.78 is 12.9. The fraction of sp³-hybridized carbons (Fsp3) is 0.500. The van der Waals surface area contributed by atoms with Crippen molar-refractivity contribution in [2.24, 2.45) is 10.7 Å². The molecule has 2 rings (SSSR count). The highest BCUT2D eigenvalue weighted by molar-refractivity contribution is 5.78. The second-order valence-electron chi connectivity index (χ2n) is 4.87. The van der Waals surface area contributed by atoms with E-state index in [-0.39, 0.29) is 5.82 Å².